The van der Waals surface area contributed by atoms with Gasteiger partial charge in [0.15, 0.2) is 5.65 Å². The number of nitrogens with two attached hydrogens (primary N) is 1. The summed E-state index contributed by atoms with van der Waals surface area (Å²) < 4.78 is 16.6. The maximum Gasteiger partial charge on any atom is 0.228 e. The lowest BCUT2D eigenvalue weighted by Gasteiger charge is -2.35. The Bertz CT molecular complexity index is 1750. The molecule has 1 aliphatic heterocycles. The zero-order chi connectivity index (χ0) is 29.6. The highest BCUT2D eigenvalue weighted by Gasteiger charge is 2.25. The van der Waals surface area contributed by atoms with Crippen molar-refractivity contribution in [1.82, 2.24) is 24.6 Å². The molecule has 7 nitrogen and oxygen atoms in total. The summed E-state index contributed by atoms with van der Waals surface area (Å²) in [4.78, 5) is 14.2. The van der Waals surface area contributed by atoms with Crippen molar-refractivity contribution in [2.75, 3.05) is 36.8 Å². The Morgan fingerprint density at radius 1 is 0.881 bits per heavy atom. The van der Waals surface area contributed by atoms with E-state index < -0.39 is 5.82 Å². The fourth-order valence-corrected chi connectivity index (χ4v) is 5.57. The van der Waals surface area contributed by atoms with Crippen LogP contribution in [-0.2, 0) is 12.0 Å². The summed E-state index contributed by atoms with van der Waals surface area (Å²) in [5.74, 6) is 0.386. The number of anilines is 2. The Morgan fingerprint density at radius 3 is 2.26 bits per heavy atom. The van der Waals surface area contributed by atoms with Gasteiger partial charge in [-0.2, -0.15) is 4.98 Å². The van der Waals surface area contributed by atoms with E-state index >= 15 is 4.39 Å². The molecule has 0 bridgehead atoms. The molecule has 2 N–H and O–H groups in total. The lowest BCUT2D eigenvalue weighted by Crippen LogP contribution is -2.46. The molecule has 0 saturated carbocycles. The van der Waals surface area contributed by atoms with Gasteiger partial charge in [0.2, 0.25) is 5.95 Å². The van der Waals surface area contributed by atoms with Crippen LogP contribution in [0.5, 0.6) is 0 Å². The molecule has 42 heavy (non-hydrogen) atoms. The van der Waals surface area contributed by atoms with Gasteiger partial charge in [0, 0.05) is 38.3 Å². The van der Waals surface area contributed by atoms with Crippen LogP contribution < -0.4 is 10.6 Å². The van der Waals surface area contributed by atoms with Crippen LogP contribution >= 0.6 is 23.2 Å². The SMILES string of the molecule is CC(C)(C)c1ccc(CN2CCN(c3nc(-c4ccccc4F)c4c(N)n(-c5ccc(Cl)c(Cl)c5)nc4n3)CC2)cc1. The minimum absolute atomic E-state index is 0.134. The van der Waals surface area contributed by atoms with E-state index in [9.17, 15) is 0 Å². The van der Waals surface area contributed by atoms with E-state index in [1.165, 1.54) is 17.2 Å². The van der Waals surface area contributed by atoms with Gasteiger partial charge in [-0.3, -0.25) is 4.90 Å². The Kier molecular flexibility index (Phi) is 7.55. The van der Waals surface area contributed by atoms with E-state index in [1.807, 2.05) is 0 Å². The third kappa shape index (κ3) is 5.54. The molecule has 0 aliphatic carbocycles. The molecule has 10 heteroatoms. The third-order valence-corrected chi connectivity index (χ3v) is 8.45. The smallest absolute Gasteiger partial charge is 0.228 e. The van der Waals surface area contributed by atoms with E-state index in [-0.39, 0.29) is 11.2 Å². The Morgan fingerprint density at radius 2 is 1.60 bits per heavy atom. The second-order valence-corrected chi connectivity index (χ2v) is 12.5. The van der Waals surface area contributed by atoms with Gasteiger partial charge < -0.3 is 10.6 Å². The molecule has 0 spiro atoms. The zero-order valence-electron chi connectivity index (χ0n) is 23.8. The number of benzene rings is 3. The van der Waals surface area contributed by atoms with Crippen LogP contribution in [0.3, 0.4) is 0 Å². The van der Waals surface area contributed by atoms with Crippen LogP contribution in [0.25, 0.3) is 28.0 Å². The average molecular weight is 605 g/mol. The number of piperazine rings is 1. The van der Waals surface area contributed by atoms with Crippen molar-refractivity contribution >= 4 is 46.0 Å². The van der Waals surface area contributed by atoms with Crippen LogP contribution in [0.1, 0.15) is 31.9 Å². The number of hydrogen-bond acceptors (Lipinski definition) is 6. The molecule has 0 unspecified atom stereocenters. The van der Waals surface area contributed by atoms with Gasteiger partial charge >= 0.3 is 0 Å². The fourth-order valence-electron chi connectivity index (χ4n) is 5.28. The van der Waals surface area contributed by atoms with Gasteiger partial charge in [-0.05, 0) is 46.9 Å². The van der Waals surface area contributed by atoms with Crippen molar-refractivity contribution in [3.05, 3.63) is 93.7 Å². The summed E-state index contributed by atoms with van der Waals surface area (Å²) >= 11 is 12.4. The summed E-state index contributed by atoms with van der Waals surface area (Å²) in [5.41, 5.74) is 11.1. The quantitative estimate of drug-likeness (QED) is 0.230. The van der Waals surface area contributed by atoms with Crippen molar-refractivity contribution in [2.24, 2.45) is 0 Å². The number of nitrogen functional groups attached to an aromatic ring is 1. The number of nitrogens with zero attached hydrogens (tertiary/aromatic N) is 6. The molecular formula is C32H32Cl2FN7. The van der Waals surface area contributed by atoms with E-state index in [1.54, 1.807) is 41.1 Å². The third-order valence-electron chi connectivity index (χ3n) is 7.72. The second-order valence-electron chi connectivity index (χ2n) is 11.7. The molecule has 1 saturated heterocycles. The molecule has 2 aromatic heterocycles. The summed E-state index contributed by atoms with van der Waals surface area (Å²) in [6, 6.07) is 20.5. The molecule has 3 heterocycles. The number of hydrogen-bond donors (Lipinski definition) is 1. The molecule has 216 valence electrons. The Hall–Kier alpha value is -3.72. The molecule has 1 fully saturated rings. The first-order valence-corrected chi connectivity index (χ1v) is 14.7. The van der Waals surface area contributed by atoms with Gasteiger partial charge in [0.1, 0.15) is 11.6 Å². The largest absolute Gasteiger partial charge is 0.383 e. The summed E-state index contributed by atoms with van der Waals surface area (Å²) in [6.45, 7) is 10.7. The maximum absolute atomic E-state index is 15.1. The maximum atomic E-state index is 15.1. The number of fused-ring (bicyclic) bond motifs is 1. The van der Waals surface area contributed by atoms with Crippen molar-refractivity contribution in [1.29, 1.82) is 0 Å². The lowest BCUT2D eigenvalue weighted by atomic mass is 9.87. The molecule has 6 rings (SSSR count). The standard InChI is InChI=1S/C32H32Cl2FN7/c1-32(2,3)21-10-8-20(9-11-21)19-40-14-16-41(17-15-40)31-37-28(23-6-4-5-7-26(23)35)27-29(36)42(39-30(27)38-31)22-12-13-24(33)25(34)18-22/h4-13,18H,14-17,19,36H2,1-3H3. The van der Waals surface area contributed by atoms with E-state index in [0.29, 0.717) is 44.0 Å². The van der Waals surface area contributed by atoms with E-state index in [2.05, 4.69) is 54.8 Å². The van der Waals surface area contributed by atoms with Gasteiger partial charge in [0.05, 0.1) is 26.8 Å². The topological polar surface area (TPSA) is 76.1 Å². The normalized spacial score (nSPS) is 14.6. The van der Waals surface area contributed by atoms with Crippen molar-refractivity contribution < 1.29 is 4.39 Å². The van der Waals surface area contributed by atoms with E-state index in [4.69, 9.17) is 44.0 Å². The fraction of sp³-hybridized carbons (Fsp3) is 0.281. The van der Waals surface area contributed by atoms with Crippen molar-refractivity contribution in [3.63, 3.8) is 0 Å². The second kappa shape index (κ2) is 11.2. The highest BCUT2D eigenvalue weighted by Crippen LogP contribution is 2.35. The molecule has 3 aromatic carbocycles. The van der Waals surface area contributed by atoms with Crippen molar-refractivity contribution in [3.8, 4) is 16.9 Å². The number of rotatable bonds is 5. The molecular weight excluding hydrogens is 572 g/mol. The summed E-state index contributed by atoms with van der Waals surface area (Å²) in [6.07, 6.45) is 0. The highest BCUT2D eigenvalue weighted by atomic mass is 35.5. The predicted molar refractivity (Wildman–Crippen MR) is 169 cm³/mol. The van der Waals surface area contributed by atoms with Crippen LogP contribution in [0.15, 0.2) is 66.7 Å². The zero-order valence-corrected chi connectivity index (χ0v) is 25.3. The van der Waals surface area contributed by atoms with Crippen LogP contribution in [0.4, 0.5) is 16.2 Å². The van der Waals surface area contributed by atoms with Crippen LogP contribution in [0.2, 0.25) is 10.0 Å². The first-order chi connectivity index (χ1) is 20.1. The van der Waals surface area contributed by atoms with Crippen LogP contribution in [0, 0.1) is 5.82 Å². The molecule has 5 aromatic rings. The summed E-state index contributed by atoms with van der Waals surface area (Å²) in [5, 5.41) is 5.97. The lowest BCUT2D eigenvalue weighted by molar-refractivity contribution is 0.248. The number of aromatic nitrogens is 4. The molecule has 0 amide bonds. The molecule has 0 atom stereocenters. The van der Waals surface area contributed by atoms with E-state index in [0.717, 1.165) is 32.7 Å². The number of halogens is 3. The van der Waals surface area contributed by atoms with Gasteiger partial charge in [0.25, 0.3) is 0 Å². The van der Waals surface area contributed by atoms with Crippen molar-refractivity contribution in [2.45, 2.75) is 32.7 Å². The first kappa shape index (κ1) is 28.4. The first-order valence-electron chi connectivity index (χ1n) is 13.9. The predicted octanol–water partition coefficient (Wildman–Crippen LogP) is 7.13. The summed E-state index contributed by atoms with van der Waals surface area (Å²) in [7, 11) is 0. The minimum Gasteiger partial charge on any atom is -0.383 e. The van der Waals surface area contributed by atoms with Gasteiger partial charge in [-0.1, -0.05) is 80.4 Å². The molecule has 1 aliphatic rings. The Balaban J connectivity index is 1.31. The van der Waals surface area contributed by atoms with Gasteiger partial charge in [-0.15, -0.1) is 5.10 Å². The highest BCUT2D eigenvalue weighted by molar-refractivity contribution is 6.42. The minimum atomic E-state index is -0.396. The molecule has 0 radical (unpaired) electrons. The average Bonchev–Trinajstić information content (AvgIpc) is 3.31. The Labute approximate surface area is 254 Å². The monoisotopic (exact) mass is 603 g/mol. The van der Waals surface area contributed by atoms with Crippen LogP contribution in [-0.4, -0.2) is 50.8 Å². The van der Waals surface area contributed by atoms with Gasteiger partial charge in [-0.25, -0.2) is 14.1 Å².